The number of halogens is 1. The second kappa shape index (κ2) is 7.31. The molecule has 0 N–H and O–H groups in total. The Morgan fingerprint density at radius 1 is 1.15 bits per heavy atom. The molecule has 0 aliphatic carbocycles. The predicted octanol–water partition coefficient (Wildman–Crippen LogP) is 3.68. The van der Waals surface area contributed by atoms with E-state index in [-0.39, 0.29) is 30.0 Å². The molecule has 1 saturated heterocycles. The van der Waals surface area contributed by atoms with E-state index in [0.717, 1.165) is 5.56 Å². The van der Waals surface area contributed by atoms with Gasteiger partial charge in [-0.1, -0.05) is 60.6 Å². The number of rotatable bonds is 4. The van der Waals surface area contributed by atoms with Crippen molar-refractivity contribution < 1.29 is 13.7 Å². The molecule has 1 amide bonds. The number of aromatic nitrogens is 2. The lowest BCUT2D eigenvalue weighted by molar-refractivity contribution is -0.129. The number of carbonyl (C=O) groups is 1. The molecule has 0 bridgehead atoms. The molecule has 0 spiro atoms. The molecule has 2 atom stereocenters. The van der Waals surface area contributed by atoms with E-state index >= 15 is 0 Å². The van der Waals surface area contributed by atoms with Gasteiger partial charge < -0.3 is 9.42 Å². The first kappa shape index (κ1) is 17.4. The van der Waals surface area contributed by atoms with E-state index < -0.39 is 0 Å². The highest BCUT2D eigenvalue weighted by atomic mass is 19.1. The van der Waals surface area contributed by atoms with Crippen molar-refractivity contribution in [3.05, 3.63) is 71.9 Å². The SMILES string of the molecule is CC1CN(C(=O)Cc2ccccc2F)CC1c1nc(-c2ccccc2)no1. The topological polar surface area (TPSA) is 59.2 Å². The van der Waals surface area contributed by atoms with E-state index in [1.807, 2.05) is 30.3 Å². The van der Waals surface area contributed by atoms with Crippen molar-refractivity contribution in [3.63, 3.8) is 0 Å². The van der Waals surface area contributed by atoms with Crippen molar-refractivity contribution >= 4 is 5.91 Å². The highest BCUT2D eigenvalue weighted by Crippen LogP contribution is 2.32. The molecular weight excluding hydrogens is 345 g/mol. The molecule has 4 rings (SSSR count). The van der Waals surface area contributed by atoms with Crippen LogP contribution in [0, 0.1) is 11.7 Å². The maximum atomic E-state index is 13.8. The average molecular weight is 365 g/mol. The summed E-state index contributed by atoms with van der Waals surface area (Å²) in [5.74, 6) is 0.839. The van der Waals surface area contributed by atoms with Crippen LogP contribution < -0.4 is 0 Å². The quantitative estimate of drug-likeness (QED) is 0.708. The highest BCUT2D eigenvalue weighted by Gasteiger charge is 2.37. The first-order chi connectivity index (χ1) is 13.1. The fourth-order valence-electron chi connectivity index (χ4n) is 3.50. The van der Waals surface area contributed by atoms with Crippen LogP contribution in [0.3, 0.4) is 0 Å². The molecule has 27 heavy (non-hydrogen) atoms. The average Bonchev–Trinajstić information content (AvgIpc) is 3.31. The summed E-state index contributed by atoms with van der Waals surface area (Å²) in [5.41, 5.74) is 1.31. The van der Waals surface area contributed by atoms with Crippen molar-refractivity contribution in [1.29, 1.82) is 0 Å². The zero-order valence-electron chi connectivity index (χ0n) is 15.0. The van der Waals surface area contributed by atoms with E-state index in [4.69, 9.17) is 4.52 Å². The summed E-state index contributed by atoms with van der Waals surface area (Å²) < 4.78 is 19.3. The van der Waals surface area contributed by atoms with Crippen molar-refractivity contribution in [2.75, 3.05) is 13.1 Å². The summed E-state index contributed by atoms with van der Waals surface area (Å²) in [5, 5.41) is 4.08. The second-order valence-electron chi connectivity index (χ2n) is 6.97. The number of hydrogen-bond donors (Lipinski definition) is 0. The van der Waals surface area contributed by atoms with Gasteiger partial charge in [-0.2, -0.15) is 4.98 Å². The fraction of sp³-hybridized carbons (Fsp3) is 0.286. The lowest BCUT2D eigenvalue weighted by Gasteiger charge is -2.16. The van der Waals surface area contributed by atoms with E-state index in [2.05, 4.69) is 17.1 Å². The van der Waals surface area contributed by atoms with Gasteiger partial charge in [-0.25, -0.2) is 4.39 Å². The lowest BCUT2D eigenvalue weighted by atomic mass is 9.98. The molecule has 1 aliphatic heterocycles. The molecule has 138 valence electrons. The third kappa shape index (κ3) is 3.60. The summed E-state index contributed by atoms with van der Waals surface area (Å²) >= 11 is 0. The Labute approximate surface area is 156 Å². The molecule has 1 aromatic heterocycles. The Morgan fingerprint density at radius 2 is 1.89 bits per heavy atom. The normalized spacial score (nSPS) is 19.4. The number of benzene rings is 2. The minimum atomic E-state index is -0.348. The van der Waals surface area contributed by atoms with Crippen LogP contribution in [0.25, 0.3) is 11.4 Å². The van der Waals surface area contributed by atoms with E-state index in [9.17, 15) is 9.18 Å². The molecule has 2 unspecified atom stereocenters. The van der Waals surface area contributed by atoms with Crippen LogP contribution in [-0.2, 0) is 11.2 Å². The third-order valence-electron chi connectivity index (χ3n) is 5.06. The molecular formula is C21H20FN3O2. The first-order valence-corrected chi connectivity index (χ1v) is 9.02. The maximum absolute atomic E-state index is 13.8. The Bertz CT molecular complexity index is 941. The van der Waals surface area contributed by atoms with Gasteiger partial charge in [0.15, 0.2) is 0 Å². The Balaban J connectivity index is 1.46. The Hall–Kier alpha value is -3.02. The Morgan fingerprint density at radius 3 is 2.67 bits per heavy atom. The highest BCUT2D eigenvalue weighted by molar-refractivity contribution is 5.79. The number of hydrogen-bond acceptors (Lipinski definition) is 4. The van der Waals surface area contributed by atoms with E-state index in [1.165, 1.54) is 6.07 Å². The zero-order chi connectivity index (χ0) is 18.8. The largest absolute Gasteiger partial charge is 0.341 e. The van der Waals surface area contributed by atoms with E-state index in [0.29, 0.717) is 30.4 Å². The van der Waals surface area contributed by atoms with Crippen LogP contribution in [0.2, 0.25) is 0 Å². The van der Waals surface area contributed by atoms with Crippen molar-refractivity contribution in [2.45, 2.75) is 19.3 Å². The molecule has 0 radical (unpaired) electrons. The van der Waals surface area contributed by atoms with Crippen LogP contribution in [0.1, 0.15) is 24.3 Å². The van der Waals surface area contributed by atoms with Gasteiger partial charge >= 0.3 is 0 Å². The molecule has 1 aliphatic rings. The minimum Gasteiger partial charge on any atom is -0.341 e. The van der Waals surface area contributed by atoms with Gasteiger partial charge in [-0.15, -0.1) is 0 Å². The predicted molar refractivity (Wildman–Crippen MR) is 98.3 cm³/mol. The summed E-state index contributed by atoms with van der Waals surface area (Å²) in [7, 11) is 0. The molecule has 1 fully saturated rings. The van der Waals surface area contributed by atoms with Crippen LogP contribution >= 0.6 is 0 Å². The van der Waals surface area contributed by atoms with Crippen LogP contribution in [0.15, 0.2) is 59.1 Å². The summed E-state index contributed by atoms with van der Waals surface area (Å²) in [6, 6.07) is 16.0. The lowest BCUT2D eigenvalue weighted by Crippen LogP contribution is -2.30. The van der Waals surface area contributed by atoms with E-state index in [1.54, 1.807) is 23.1 Å². The van der Waals surface area contributed by atoms with Gasteiger partial charge in [0.05, 0.1) is 12.3 Å². The molecule has 2 aromatic carbocycles. The Kier molecular flexibility index (Phi) is 4.71. The fourth-order valence-corrected chi connectivity index (χ4v) is 3.50. The van der Waals surface area contributed by atoms with Gasteiger partial charge in [0.1, 0.15) is 5.82 Å². The van der Waals surface area contributed by atoms with Gasteiger partial charge in [0.2, 0.25) is 17.6 Å². The standard InChI is InChI=1S/C21H20FN3O2/c1-14-12-25(19(26)11-16-9-5-6-10-18(16)22)13-17(14)21-23-20(24-27-21)15-7-3-2-4-8-15/h2-10,14,17H,11-13H2,1H3. The van der Waals surface area contributed by atoms with Gasteiger partial charge in [0.25, 0.3) is 0 Å². The monoisotopic (exact) mass is 365 g/mol. The van der Waals surface area contributed by atoms with Crippen LogP contribution in [0.4, 0.5) is 4.39 Å². The molecule has 5 nitrogen and oxygen atoms in total. The van der Waals surface area contributed by atoms with Gasteiger partial charge in [-0.3, -0.25) is 4.79 Å². The number of nitrogens with zero attached hydrogens (tertiary/aromatic N) is 3. The third-order valence-corrected chi connectivity index (χ3v) is 5.06. The maximum Gasteiger partial charge on any atom is 0.232 e. The first-order valence-electron chi connectivity index (χ1n) is 9.02. The van der Waals surface area contributed by atoms with Crippen molar-refractivity contribution in [2.24, 2.45) is 5.92 Å². The van der Waals surface area contributed by atoms with Crippen molar-refractivity contribution in [1.82, 2.24) is 15.0 Å². The minimum absolute atomic E-state index is 0.0143. The summed E-state index contributed by atoms with van der Waals surface area (Å²) in [4.78, 5) is 18.9. The molecule has 3 aromatic rings. The molecule has 2 heterocycles. The van der Waals surface area contributed by atoms with Crippen LogP contribution in [-0.4, -0.2) is 34.0 Å². The number of likely N-dealkylation sites (tertiary alicyclic amines) is 1. The zero-order valence-corrected chi connectivity index (χ0v) is 15.0. The second-order valence-corrected chi connectivity index (χ2v) is 6.97. The van der Waals surface area contributed by atoms with Gasteiger partial charge in [0, 0.05) is 18.7 Å². The smallest absolute Gasteiger partial charge is 0.232 e. The summed E-state index contributed by atoms with van der Waals surface area (Å²) in [6.07, 6.45) is 0.0607. The molecule has 6 heteroatoms. The summed E-state index contributed by atoms with van der Waals surface area (Å²) in [6.45, 7) is 3.17. The van der Waals surface area contributed by atoms with Gasteiger partial charge in [-0.05, 0) is 17.5 Å². The number of carbonyl (C=O) groups excluding carboxylic acids is 1. The van der Waals surface area contributed by atoms with Crippen LogP contribution in [0.5, 0.6) is 0 Å². The van der Waals surface area contributed by atoms with Crippen molar-refractivity contribution in [3.8, 4) is 11.4 Å². The number of amides is 1. The molecule has 0 saturated carbocycles.